The normalized spacial score (nSPS) is 14.9. The van der Waals surface area contributed by atoms with Crippen LogP contribution in [0, 0.1) is 17.8 Å². The molecule has 0 amide bonds. The fourth-order valence-corrected chi connectivity index (χ4v) is 11.9. The van der Waals surface area contributed by atoms with Crippen LogP contribution in [0.5, 0.6) is 0 Å². The summed E-state index contributed by atoms with van der Waals surface area (Å²) in [6, 6.07) is 0. The Hall–Kier alpha value is -2.46. The van der Waals surface area contributed by atoms with Crippen molar-refractivity contribution >= 4 is 39.5 Å². The third-order valence-electron chi connectivity index (χ3n) is 16.7. The van der Waals surface area contributed by atoms with Crippen molar-refractivity contribution in [2.75, 3.05) is 39.6 Å². The van der Waals surface area contributed by atoms with Gasteiger partial charge in [-0.05, 0) is 69.1 Å². The molecule has 0 aromatic heterocycles. The van der Waals surface area contributed by atoms with E-state index >= 15 is 0 Å². The molecule has 0 spiro atoms. The van der Waals surface area contributed by atoms with E-state index in [9.17, 15) is 43.2 Å². The number of phosphoric acid groups is 2. The highest BCUT2D eigenvalue weighted by Crippen LogP contribution is 2.45. The van der Waals surface area contributed by atoms with Crippen molar-refractivity contribution in [1.82, 2.24) is 0 Å². The summed E-state index contributed by atoms with van der Waals surface area (Å²) in [7, 11) is -9.92. The Morgan fingerprint density at radius 1 is 0.363 bits per heavy atom. The summed E-state index contributed by atoms with van der Waals surface area (Å²) < 4.78 is 68.3. The van der Waals surface area contributed by atoms with E-state index in [1.807, 2.05) is 0 Å². The molecule has 0 heterocycles. The number of phosphoric ester groups is 2. The molecule has 0 radical (unpaired) electrons. The lowest BCUT2D eigenvalue weighted by atomic mass is 9.99. The van der Waals surface area contributed by atoms with Gasteiger partial charge in [-0.3, -0.25) is 37.3 Å². The van der Waals surface area contributed by atoms with Crippen LogP contribution in [0.3, 0.4) is 0 Å². The number of aliphatic hydroxyl groups is 1. The fraction of sp³-hybridized carbons (Fsp3) is 0.889. The first kappa shape index (κ1) is 88.5. The van der Waals surface area contributed by atoms with Crippen molar-refractivity contribution < 1.29 is 80.2 Å². The minimum Gasteiger partial charge on any atom is -0.462 e. The van der Waals surface area contributed by atoms with Crippen molar-refractivity contribution in [3.8, 4) is 0 Å². The summed E-state index contributed by atoms with van der Waals surface area (Å²) in [5.41, 5.74) is 0. The van der Waals surface area contributed by atoms with Gasteiger partial charge >= 0.3 is 39.5 Å². The number of carbonyl (C=O) groups excluding carboxylic acids is 4. The van der Waals surface area contributed by atoms with Crippen LogP contribution in [-0.2, 0) is 65.4 Å². The molecule has 0 aliphatic carbocycles. The summed E-state index contributed by atoms with van der Waals surface area (Å²) >= 11 is 0. The van der Waals surface area contributed by atoms with E-state index < -0.39 is 97.5 Å². The number of carbonyl (C=O) groups is 4. The molecule has 0 aromatic rings. The Bertz CT molecular complexity index is 1880. The Morgan fingerprint density at radius 3 is 0.978 bits per heavy atom. The van der Waals surface area contributed by atoms with E-state index in [1.165, 1.54) is 128 Å². The first-order valence-electron chi connectivity index (χ1n) is 36.7. The second-order valence-electron chi connectivity index (χ2n) is 26.3. The summed E-state index contributed by atoms with van der Waals surface area (Å²) in [4.78, 5) is 72.6. The van der Waals surface area contributed by atoms with Crippen LogP contribution < -0.4 is 0 Å². The molecule has 0 aromatic carbocycles. The average molecular weight is 1340 g/mol. The lowest BCUT2D eigenvalue weighted by Gasteiger charge is -2.21. The number of aliphatic hydroxyl groups excluding tert-OH is 1. The third kappa shape index (κ3) is 63.4. The maximum Gasteiger partial charge on any atom is 0.472 e. The van der Waals surface area contributed by atoms with Crippen LogP contribution in [-0.4, -0.2) is 96.7 Å². The van der Waals surface area contributed by atoms with E-state index in [1.54, 1.807) is 0 Å². The highest BCUT2D eigenvalue weighted by molar-refractivity contribution is 7.47. The highest BCUT2D eigenvalue weighted by atomic mass is 31.2. The smallest absolute Gasteiger partial charge is 0.462 e. The number of allylic oxidation sites excluding steroid dienone is 4. The van der Waals surface area contributed by atoms with Crippen LogP contribution in [0.1, 0.15) is 337 Å². The van der Waals surface area contributed by atoms with E-state index in [-0.39, 0.29) is 25.7 Å². The molecule has 0 aliphatic rings. The van der Waals surface area contributed by atoms with Crippen LogP contribution >= 0.6 is 15.6 Å². The standard InChI is InChI=1S/C72H136O17P2/c1-8-11-12-13-14-15-16-17-18-19-20-27-32-41-48-55-71(76)89-68(60-83-70(75)54-47-40-35-34-38-45-52-65(7)10-3)62-87-91(80,81)85-58-66(73)57-84-90(78,79)86-61-67(88-72(77)56-49-42-33-28-23-24-29-36-43-50-63(4)5)59-82-69(74)53-46-39-31-26-22-21-25-30-37-44-51-64(6)9-2/h15-18,63-68,73H,8-14,19-62H2,1-7H3,(H,78,79)(H,80,81)/b16-15-,18-17-/t64?,65?,66-,67-,68-/m1/s1. The fourth-order valence-electron chi connectivity index (χ4n) is 10.3. The highest BCUT2D eigenvalue weighted by Gasteiger charge is 2.30. The topological polar surface area (TPSA) is 237 Å². The van der Waals surface area contributed by atoms with Gasteiger partial charge in [-0.1, -0.05) is 285 Å². The zero-order chi connectivity index (χ0) is 67.3. The molecule has 19 heteroatoms. The minimum atomic E-state index is -4.96. The number of esters is 4. The van der Waals surface area contributed by atoms with Gasteiger partial charge in [0, 0.05) is 25.7 Å². The molecule has 0 fully saturated rings. The van der Waals surface area contributed by atoms with Gasteiger partial charge < -0.3 is 33.8 Å². The molecule has 0 rings (SSSR count). The average Bonchev–Trinajstić information content (AvgIpc) is 3.56. The summed E-state index contributed by atoms with van der Waals surface area (Å²) in [6.07, 6.45) is 49.3. The van der Waals surface area contributed by atoms with Crippen molar-refractivity contribution in [2.45, 2.75) is 356 Å². The van der Waals surface area contributed by atoms with Crippen molar-refractivity contribution in [1.29, 1.82) is 0 Å². The number of rotatable bonds is 68. The number of unbranched alkanes of at least 4 members (excludes halogenated alkanes) is 31. The van der Waals surface area contributed by atoms with Gasteiger partial charge in [-0.2, -0.15) is 0 Å². The lowest BCUT2D eigenvalue weighted by Crippen LogP contribution is -2.30. The number of hydrogen-bond donors (Lipinski definition) is 3. The van der Waals surface area contributed by atoms with Gasteiger partial charge in [-0.25, -0.2) is 9.13 Å². The lowest BCUT2D eigenvalue weighted by molar-refractivity contribution is -0.161. The maximum absolute atomic E-state index is 13.0. The second kappa shape index (κ2) is 62.4. The van der Waals surface area contributed by atoms with Crippen molar-refractivity contribution in [3.63, 3.8) is 0 Å². The molecule has 0 saturated carbocycles. The first-order valence-corrected chi connectivity index (χ1v) is 39.7. The van der Waals surface area contributed by atoms with Gasteiger partial charge in [-0.15, -0.1) is 0 Å². The van der Waals surface area contributed by atoms with Crippen LogP contribution in [0.25, 0.3) is 0 Å². The van der Waals surface area contributed by atoms with E-state index in [4.69, 9.17) is 37.0 Å². The molecule has 0 bridgehead atoms. The molecule has 7 atom stereocenters. The summed E-state index contributed by atoms with van der Waals surface area (Å²) in [5.74, 6) is 0.114. The SMILES string of the molecule is CCCCCC/C=C\C=C/CCCCCCCC(=O)O[C@H](COC(=O)CCCCCCCCC(C)CC)COP(=O)(O)OC[C@H](O)COP(=O)(O)OC[C@@H](COC(=O)CCCCCCCCCCCCC(C)CC)OC(=O)CCCCCCCCCCCC(C)C. The third-order valence-corrected chi connectivity index (χ3v) is 18.6. The molecular formula is C72H136O17P2. The molecule has 0 aliphatic heterocycles. The van der Waals surface area contributed by atoms with E-state index in [2.05, 4.69) is 72.8 Å². The number of ether oxygens (including phenoxy) is 4. The summed E-state index contributed by atoms with van der Waals surface area (Å²) in [5, 5.41) is 10.6. The largest absolute Gasteiger partial charge is 0.472 e. The zero-order valence-electron chi connectivity index (χ0n) is 58.8. The quantitative estimate of drug-likeness (QED) is 0.0169. The zero-order valence-corrected chi connectivity index (χ0v) is 60.6. The van der Waals surface area contributed by atoms with Gasteiger partial charge in [0.1, 0.15) is 19.3 Å². The van der Waals surface area contributed by atoms with E-state index in [0.717, 1.165) is 127 Å². The van der Waals surface area contributed by atoms with Gasteiger partial charge in [0.25, 0.3) is 0 Å². The maximum atomic E-state index is 13.0. The Labute approximate surface area is 554 Å². The predicted molar refractivity (Wildman–Crippen MR) is 367 cm³/mol. The number of hydrogen-bond acceptors (Lipinski definition) is 15. The molecule has 17 nitrogen and oxygen atoms in total. The van der Waals surface area contributed by atoms with Gasteiger partial charge in [0.2, 0.25) is 0 Å². The van der Waals surface area contributed by atoms with Crippen LogP contribution in [0.2, 0.25) is 0 Å². The molecule has 0 saturated heterocycles. The van der Waals surface area contributed by atoms with Crippen molar-refractivity contribution in [2.24, 2.45) is 17.8 Å². The van der Waals surface area contributed by atoms with Crippen LogP contribution in [0.15, 0.2) is 24.3 Å². The molecule has 4 unspecified atom stereocenters. The second-order valence-corrected chi connectivity index (χ2v) is 29.2. The van der Waals surface area contributed by atoms with E-state index in [0.29, 0.717) is 25.7 Å². The molecule has 3 N–H and O–H groups in total. The molecular weight excluding hydrogens is 1200 g/mol. The molecule has 536 valence electrons. The Kier molecular flexibility index (Phi) is 60.7. The molecule has 91 heavy (non-hydrogen) atoms. The summed E-state index contributed by atoms with van der Waals surface area (Å²) in [6.45, 7) is 11.8. The van der Waals surface area contributed by atoms with Gasteiger partial charge in [0.05, 0.1) is 26.4 Å². The Balaban J connectivity index is 5.30. The minimum absolute atomic E-state index is 0.0837. The van der Waals surface area contributed by atoms with Crippen LogP contribution in [0.4, 0.5) is 0 Å². The monoisotopic (exact) mass is 1330 g/mol. The van der Waals surface area contributed by atoms with Gasteiger partial charge in [0.15, 0.2) is 12.2 Å². The predicted octanol–water partition coefficient (Wildman–Crippen LogP) is 20.2. The Morgan fingerprint density at radius 2 is 0.648 bits per heavy atom. The van der Waals surface area contributed by atoms with Crippen molar-refractivity contribution in [3.05, 3.63) is 24.3 Å². The first-order chi connectivity index (χ1) is 43.8.